The highest BCUT2D eigenvalue weighted by Gasteiger charge is 2.33. The van der Waals surface area contributed by atoms with Crippen molar-refractivity contribution in [2.45, 2.75) is 44.2 Å². The Morgan fingerprint density at radius 3 is 2.53 bits per heavy atom. The molecule has 1 saturated heterocycles. The van der Waals surface area contributed by atoms with Crippen molar-refractivity contribution in [3.8, 4) is 0 Å². The van der Waals surface area contributed by atoms with Crippen LogP contribution in [0.15, 0.2) is 0 Å². The second kappa shape index (κ2) is 6.68. The van der Waals surface area contributed by atoms with Gasteiger partial charge in [0.1, 0.15) is 0 Å². The molecule has 110 valence electrons. The molecule has 0 radical (unpaired) electrons. The number of carbonyl (C=O) groups excluding carboxylic acids is 1. The van der Waals surface area contributed by atoms with Gasteiger partial charge in [-0.1, -0.05) is 0 Å². The Kier molecular flexibility index (Phi) is 5.19. The first-order chi connectivity index (χ1) is 9.11. The van der Waals surface area contributed by atoms with Crippen LogP contribution in [0.1, 0.15) is 32.1 Å². The van der Waals surface area contributed by atoms with Crippen molar-refractivity contribution < 1.29 is 9.90 Å². The third-order valence-corrected chi connectivity index (χ3v) is 4.43. The lowest BCUT2D eigenvalue weighted by molar-refractivity contribution is -0.135. The van der Waals surface area contributed by atoms with Gasteiger partial charge in [-0.3, -0.25) is 4.79 Å². The number of aliphatic hydroxyl groups excluding tert-OH is 1. The van der Waals surface area contributed by atoms with Gasteiger partial charge in [0.2, 0.25) is 5.91 Å². The van der Waals surface area contributed by atoms with E-state index in [1.807, 2.05) is 4.90 Å². The van der Waals surface area contributed by atoms with E-state index in [4.69, 9.17) is 5.73 Å². The number of hydrogen-bond donors (Lipinski definition) is 2. The lowest BCUT2D eigenvalue weighted by Crippen LogP contribution is -2.49. The van der Waals surface area contributed by atoms with Crippen LogP contribution in [0, 0.1) is 5.92 Å². The standard InChI is InChI=1S/C14H27N3O2/c1-16-6-4-12(5-7-16)17(8-9-18)14(19)10-13(15)11-2-3-11/h11-13,18H,2-10,15H2,1H3. The molecule has 1 saturated carbocycles. The number of rotatable bonds is 6. The van der Waals surface area contributed by atoms with Gasteiger partial charge in [0.05, 0.1) is 6.61 Å². The Labute approximate surface area is 115 Å². The van der Waals surface area contributed by atoms with Gasteiger partial charge in [-0.15, -0.1) is 0 Å². The normalized spacial score (nSPS) is 23.3. The SMILES string of the molecule is CN1CCC(N(CCO)C(=O)CC(N)C2CC2)CC1. The topological polar surface area (TPSA) is 69.8 Å². The van der Waals surface area contributed by atoms with Gasteiger partial charge in [0.15, 0.2) is 0 Å². The summed E-state index contributed by atoms with van der Waals surface area (Å²) in [6.07, 6.45) is 4.78. The van der Waals surface area contributed by atoms with Gasteiger partial charge < -0.3 is 20.6 Å². The van der Waals surface area contributed by atoms with E-state index in [1.165, 1.54) is 12.8 Å². The molecule has 1 aliphatic heterocycles. The largest absolute Gasteiger partial charge is 0.395 e. The van der Waals surface area contributed by atoms with E-state index < -0.39 is 0 Å². The predicted octanol–water partition coefficient (Wildman–Crippen LogP) is 0.0289. The number of aliphatic hydroxyl groups is 1. The molecule has 1 amide bonds. The average Bonchev–Trinajstić information content (AvgIpc) is 3.21. The molecule has 0 aromatic rings. The third kappa shape index (κ3) is 4.16. The minimum absolute atomic E-state index is 0.0138. The molecule has 3 N–H and O–H groups in total. The van der Waals surface area contributed by atoms with E-state index in [0.29, 0.717) is 18.9 Å². The second-order valence-electron chi connectivity index (χ2n) is 6.05. The Morgan fingerprint density at radius 1 is 1.37 bits per heavy atom. The summed E-state index contributed by atoms with van der Waals surface area (Å²) in [5.41, 5.74) is 6.05. The second-order valence-corrected chi connectivity index (χ2v) is 6.05. The molecule has 0 bridgehead atoms. The molecule has 0 aromatic heterocycles. The molecule has 5 nitrogen and oxygen atoms in total. The van der Waals surface area contributed by atoms with Crippen molar-refractivity contribution in [2.24, 2.45) is 11.7 Å². The van der Waals surface area contributed by atoms with Crippen molar-refractivity contribution in [3.63, 3.8) is 0 Å². The molecule has 19 heavy (non-hydrogen) atoms. The number of piperidine rings is 1. The van der Waals surface area contributed by atoms with Gasteiger partial charge in [-0.05, 0) is 51.7 Å². The molecule has 2 fully saturated rings. The van der Waals surface area contributed by atoms with Crippen LogP contribution in [0.2, 0.25) is 0 Å². The fourth-order valence-electron chi connectivity index (χ4n) is 2.94. The lowest BCUT2D eigenvalue weighted by Gasteiger charge is -2.37. The van der Waals surface area contributed by atoms with Gasteiger partial charge in [0.25, 0.3) is 0 Å². The van der Waals surface area contributed by atoms with E-state index in [0.717, 1.165) is 25.9 Å². The van der Waals surface area contributed by atoms with Gasteiger partial charge in [-0.2, -0.15) is 0 Å². The number of likely N-dealkylation sites (tertiary alicyclic amines) is 1. The summed E-state index contributed by atoms with van der Waals surface area (Å²) in [5.74, 6) is 0.681. The maximum Gasteiger partial charge on any atom is 0.224 e. The molecule has 2 rings (SSSR count). The highest BCUT2D eigenvalue weighted by molar-refractivity contribution is 5.77. The first-order valence-corrected chi connectivity index (χ1v) is 7.46. The summed E-state index contributed by atoms with van der Waals surface area (Å²) < 4.78 is 0. The van der Waals surface area contributed by atoms with E-state index in [1.54, 1.807) is 0 Å². The molecule has 5 heteroatoms. The summed E-state index contributed by atoms with van der Waals surface area (Å²) in [6, 6.07) is 0.294. The van der Waals surface area contributed by atoms with Crippen LogP contribution in [-0.4, -0.2) is 66.2 Å². The van der Waals surface area contributed by atoms with Crippen molar-refractivity contribution in [2.75, 3.05) is 33.3 Å². The fourth-order valence-corrected chi connectivity index (χ4v) is 2.94. The maximum atomic E-state index is 12.4. The number of amides is 1. The third-order valence-electron chi connectivity index (χ3n) is 4.43. The van der Waals surface area contributed by atoms with E-state index in [-0.39, 0.29) is 24.6 Å². The van der Waals surface area contributed by atoms with Gasteiger partial charge >= 0.3 is 0 Å². The quantitative estimate of drug-likeness (QED) is 0.714. The van der Waals surface area contributed by atoms with E-state index in [2.05, 4.69) is 11.9 Å². The maximum absolute atomic E-state index is 12.4. The van der Waals surface area contributed by atoms with Crippen LogP contribution >= 0.6 is 0 Å². The molecular weight excluding hydrogens is 242 g/mol. The molecule has 1 heterocycles. The van der Waals surface area contributed by atoms with Crippen LogP contribution in [0.5, 0.6) is 0 Å². The molecule has 2 aliphatic rings. The Morgan fingerprint density at radius 2 is 2.00 bits per heavy atom. The first kappa shape index (κ1) is 14.8. The highest BCUT2D eigenvalue weighted by Crippen LogP contribution is 2.33. The summed E-state index contributed by atoms with van der Waals surface area (Å²) in [7, 11) is 2.11. The van der Waals surface area contributed by atoms with Gasteiger partial charge in [-0.25, -0.2) is 0 Å². The average molecular weight is 269 g/mol. The number of nitrogens with zero attached hydrogens (tertiary/aromatic N) is 2. The molecule has 1 aliphatic carbocycles. The number of carbonyl (C=O) groups is 1. The fraction of sp³-hybridized carbons (Fsp3) is 0.929. The van der Waals surface area contributed by atoms with E-state index >= 15 is 0 Å². The Balaban J connectivity index is 1.88. The van der Waals surface area contributed by atoms with Crippen molar-refractivity contribution in [1.82, 2.24) is 9.80 Å². The van der Waals surface area contributed by atoms with Crippen molar-refractivity contribution >= 4 is 5.91 Å². The molecule has 0 spiro atoms. The summed E-state index contributed by atoms with van der Waals surface area (Å²) >= 11 is 0. The zero-order valence-electron chi connectivity index (χ0n) is 11.9. The zero-order chi connectivity index (χ0) is 13.8. The summed E-state index contributed by atoms with van der Waals surface area (Å²) in [4.78, 5) is 16.5. The van der Waals surface area contributed by atoms with Crippen LogP contribution < -0.4 is 5.73 Å². The minimum atomic E-state index is 0.0138. The lowest BCUT2D eigenvalue weighted by atomic mass is 10.0. The molecule has 0 aromatic carbocycles. The van der Waals surface area contributed by atoms with Crippen LogP contribution in [-0.2, 0) is 4.79 Å². The van der Waals surface area contributed by atoms with Crippen LogP contribution in [0.4, 0.5) is 0 Å². The minimum Gasteiger partial charge on any atom is -0.395 e. The van der Waals surface area contributed by atoms with Crippen molar-refractivity contribution in [1.29, 1.82) is 0 Å². The first-order valence-electron chi connectivity index (χ1n) is 7.46. The Hall–Kier alpha value is -0.650. The van der Waals surface area contributed by atoms with E-state index in [9.17, 15) is 9.90 Å². The summed E-state index contributed by atoms with van der Waals surface area (Å²) in [6.45, 7) is 2.53. The molecule has 1 unspecified atom stereocenters. The van der Waals surface area contributed by atoms with Gasteiger partial charge in [0, 0.05) is 25.0 Å². The number of nitrogens with two attached hydrogens (primary N) is 1. The smallest absolute Gasteiger partial charge is 0.224 e. The highest BCUT2D eigenvalue weighted by atomic mass is 16.3. The van der Waals surface area contributed by atoms with Crippen LogP contribution in [0.3, 0.4) is 0 Å². The predicted molar refractivity (Wildman–Crippen MR) is 74.6 cm³/mol. The van der Waals surface area contributed by atoms with Crippen molar-refractivity contribution in [3.05, 3.63) is 0 Å². The summed E-state index contributed by atoms with van der Waals surface area (Å²) in [5, 5.41) is 9.19. The molecule has 1 atom stereocenters. The van der Waals surface area contributed by atoms with Crippen LogP contribution in [0.25, 0.3) is 0 Å². The monoisotopic (exact) mass is 269 g/mol. The molecular formula is C14H27N3O2. The number of hydrogen-bond acceptors (Lipinski definition) is 4. The zero-order valence-corrected chi connectivity index (χ0v) is 11.9. The Bertz CT molecular complexity index is 299.